The first-order valence-electron chi connectivity index (χ1n) is 5.94. The van der Waals surface area contributed by atoms with Crippen molar-refractivity contribution in [2.75, 3.05) is 39.4 Å². The van der Waals surface area contributed by atoms with Crippen LogP contribution in [0.5, 0.6) is 0 Å². The lowest BCUT2D eigenvalue weighted by molar-refractivity contribution is -0.126. The van der Waals surface area contributed by atoms with Crippen molar-refractivity contribution in [3.05, 3.63) is 0 Å². The molecule has 2 aliphatic rings. The van der Waals surface area contributed by atoms with E-state index >= 15 is 0 Å². The van der Waals surface area contributed by atoms with Crippen molar-refractivity contribution < 1.29 is 14.3 Å². The van der Waals surface area contributed by atoms with Gasteiger partial charge in [-0.15, -0.1) is 0 Å². The van der Waals surface area contributed by atoms with Crippen molar-refractivity contribution in [2.45, 2.75) is 13.3 Å². The molecular weight excluding hydrogens is 222 g/mol. The summed E-state index contributed by atoms with van der Waals surface area (Å²) in [6.07, 6.45) is 0.651. The first-order chi connectivity index (χ1) is 8.03. The van der Waals surface area contributed by atoms with Crippen LogP contribution < -0.4 is 5.73 Å². The number of nitrogens with two attached hydrogens (primary N) is 1. The van der Waals surface area contributed by atoms with Crippen LogP contribution in [0.15, 0.2) is 0 Å². The molecule has 1 atom stereocenters. The molecule has 2 N–H and O–H groups in total. The van der Waals surface area contributed by atoms with Crippen molar-refractivity contribution in [1.82, 2.24) is 9.80 Å². The predicted octanol–water partition coefficient (Wildman–Crippen LogP) is -0.364. The number of nitrogens with zero attached hydrogens (tertiary/aromatic N) is 2. The quantitative estimate of drug-likeness (QED) is 0.681. The van der Waals surface area contributed by atoms with Gasteiger partial charge in [-0.25, -0.2) is 4.79 Å². The van der Waals surface area contributed by atoms with E-state index in [1.807, 2.05) is 6.92 Å². The fourth-order valence-corrected chi connectivity index (χ4v) is 2.28. The number of carbonyl (C=O) groups excluding carboxylic acids is 2. The number of urea groups is 1. The molecule has 2 heterocycles. The molecule has 0 aromatic heterocycles. The zero-order chi connectivity index (χ0) is 12.5. The third kappa shape index (κ3) is 2.36. The number of amides is 3. The van der Waals surface area contributed by atoms with Gasteiger partial charge >= 0.3 is 6.03 Å². The Morgan fingerprint density at radius 3 is 2.35 bits per heavy atom. The van der Waals surface area contributed by atoms with Crippen LogP contribution in [0.3, 0.4) is 0 Å². The minimum atomic E-state index is -0.568. The van der Waals surface area contributed by atoms with Crippen molar-refractivity contribution in [1.29, 1.82) is 0 Å². The van der Waals surface area contributed by atoms with Crippen molar-refractivity contribution in [2.24, 2.45) is 11.1 Å². The molecular formula is C11H19N3O3. The Morgan fingerprint density at radius 2 is 1.82 bits per heavy atom. The third-order valence-electron chi connectivity index (χ3n) is 3.62. The normalized spacial score (nSPS) is 29.5. The average Bonchev–Trinajstić information content (AvgIpc) is 2.74. The van der Waals surface area contributed by atoms with Crippen LogP contribution in [0.4, 0.5) is 4.79 Å². The molecule has 3 amide bonds. The van der Waals surface area contributed by atoms with Gasteiger partial charge in [0.15, 0.2) is 0 Å². The molecule has 2 aliphatic heterocycles. The third-order valence-corrected chi connectivity index (χ3v) is 3.62. The lowest BCUT2D eigenvalue weighted by Gasteiger charge is -2.31. The van der Waals surface area contributed by atoms with E-state index in [-0.39, 0.29) is 11.9 Å². The molecule has 1 unspecified atom stereocenters. The average molecular weight is 241 g/mol. The molecule has 6 heteroatoms. The van der Waals surface area contributed by atoms with Crippen molar-refractivity contribution >= 4 is 11.9 Å². The lowest BCUT2D eigenvalue weighted by Crippen LogP contribution is -2.48. The topological polar surface area (TPSA) is 75.9 Å². The number of primary amides is 1. The number of morpholine rings is 1. The molecule has 0 aromatic carbocycles. The predicted molar refractivity (Wildman–Crippen MR) is 61.3 cm³/mol. The summed E-state index contributed by atoms with van der Waals surface area (Å²) in [6.45, 7) is 5.29. The van der Waals surface area contributed by atoms with Gasteiger partial charge in [0, 0.05) is 26.2 Å². The van der Waals surface area contributed by atoms with Crippen LogP contribution >= 0.6 is 0 Å². The summed E-state index contributed by atoms with van der Waals surface area (Å²) < 4.78 is 5.21. The number of ether oxygens (including phenoxy) is 1. The van der Waals surface area contributed by atoms with Gasteiger partial charge in [0.1, 0.15) is 0 Å². The molecule has 0 radical (unpaired) electrons. The minimum absolute atomic E-state index is 0.00160. The van der Waals surface area contributed by atoms with Crippen LogP contribution in [0, 0.1) is 5.41 Å². The maximum Gasteiger partial charge on any atom is 0.320 e. The Bertz CT molecular complexity index is 328. The first kappa shape index (κ1) is 12.2. The second-order valence-corrected chi connectivity index (χ2v) is 4.98. The number of likely N-dealkylation sites (tertiary alicyclic amines) is 1. The van der Waals surface area contributed by atoms with E-state index in [2.05, 4.69) is 0 Å². The highest BCUT2D eigenvalue weighted by atomic mass is 16.5. The maximum absolute atomic E-state index is 12.2. The number of hydrogen-bond acceptors (Lipinski definition) is 3. The van der Waals surface area contributed by atoms with E-state index in [1.165, 1.54) is 0 Å². The standard InChI is InChI=1S/C11H19N3O3/c1-11(9(12)15)2-3-14(8-11)10(16)13-4-6-17-7-5-13/h2-8H2,1H3,(H2,12,15). The number of carbonyl (C=O) groups is 2. The fraction of sp³-hybridized carbons (Fsp3) is 0.818. The minimum Gasteiger partial charge on any atom is -0.378 e. The molecule has 0 aromatic rings. The van der Waals surface area contributed by atoms with Gasteiger partial charge in [-0.3, -0.25) is 4.79 Å². The smallest absolute Gasteiger partial charge is 0.320 e. The van der Waals surface area contributed by atoms with Gasteiger partial charge in [-0.05, 0) is 13.3 Å². The Labute approximate surface area is 101 Å². The SMILES string of the molecule is CC1(C(N)=O)CCN(C(=O)N2CCOCC2)C1. The molecule has 6 nitrogen and oxygen atoms in total. The molecule has 17 heavy (non-hydrogen) atoms. The van der Waals surface area contributed by atoms with E-state index in [0.29, 0.717) is 45.8 Å². The zero-order valence-corrected chi connectivity index (χ0v) is 10.1. The van der Waals surface area contributed by atoms with Crippen LogP contribution in [0.25, 0.3) is 0 Å². The first-order valence-corrected chi connectivity index (χ1v) is 5.94. The van der Waals surface area contributed by atoms with Crippen LogP contribution in [0.2, 0.25) is 0 Å². The fourth-order valence-electron chi connectivity index (χ4n) is 2.28. The van der Waals surface area contributed by atoms with Crippen LogP contribution in [-0.2, 0) is 9.53 Å². The van der Waals surface area contributed by atoms with Gasteiger partial charge < -0.3 is 20.3 Å². The zero-order valence-electron chi connectivity index (χ0n) is 10.1. The van der Waals surface area contributed by atoms with Gasteiger partial charge in [0.05, 0.1) is 18.6 Å². The molecule has 2 rings (SSSR count). The molecule has 0 saturated carbocycles. The van der Waals surface area contributed by atoms with E-state index in [4.69, 9.17) is 10.5 Å². The number of hydrogen-bond donors (Lipinski definition) is 1. The monoisotopic (exact) mass is 241 g/mol. The molecule has 0 aliphatic carbocycles. The van der Waals surface area contributed by atoms with E-state index in [9.17, 15) is 9.59 Å². The van der Waals surface area contributed by atoms with Gasteiger partial charge in [-0.1, -0.05) is 0 Å². The van der Waals surface area contributed by atoms with Crippen LogP contribution in [-0.4, -0.2) is 61.1 Å². The van der Waals surface area contributed by atoms with Crippen molar-refractivity contribution in [3.63, 3.8) is 0 Å². The highest BCUT2D eigenvalue weighted by Crippen LogP contribution is 2.30. The van der Waals surface area contributed by atoms with Crippen LogP contribution in [0.1, 0.15) is 13.3 Å². The van der Waals surface area contributed by atoms with Gasteiger partial charge in [0.2, 0.25) is 5.91 Å². The summed E-state index contributed by atoms with van der Waals surface area (Å²) in [5, 5.41) is 0. The number of rotatable bonds is 1. The lowest BCUT2D eigenvalue weighted by atomic mass is 9.89. The molecule has 0 spiro atoms. The summed E-state index contributed by atoms with van der Waals surface area (Å²) in [5.41, 5.74) is 4.79. The highest BCUT2D eigenvalue weighted by molar-refractivity contribution is 5.83. The molecule has 2 saturated heterocycles. The van der Waals surface area contributed by atoms with E-state index in [0.717, 1.165) is 0 Å². The summed E-state index contributed by atoms with van der Waals surface area (Å²) in [7, 11) is 0. The second kappa shape index (κ2) is 4.52. The largest absolute Gasteiger partial charge is 0.378 e. The highest BCUT2D eigenvalue weighted by Gasteiger charge is 2.41. The molecule has 2 fully saturated rings. The Hall–Kier alpha value is -1.30. The van der Waals surface area contributed by atoms with Gasteiger partial charge in [0.25, 0.3) is 0 Å². The van der Waals surface area contributed by atoms with E-state index in [1.54, 1.807) is 9.80 Å². The summed E-state index contributed by atoms with van der Waals surface area (Å²) >= 11 is 0. The molecule has 0 bridgehead atoms. The van der Waals surface area contributed by atoms with Crippen molar-refractivity contribution in [3.8, 4) is 0 Å². The summed E-state index contributed by atoms with van der Waals surface area (Å²) in [5.74, 6) is -0.324. The van der Waals surface area contributed by atoms with E-state index < -0.39 is 5.41 Å². The maximum atomic E-state index is 12.2. The van der Waals surface area contributed by atoms with Gasteiger partial charge in [-0.2, -0.15) is 0 Å². The summed E-state index contributed by atoms with van der Waals surface area (Å²) in [6, 6.07) is -0.00160. The summed E-state index contributed by atoms with van der Waals surface area (Å²) in [4.78, 5) is 27.0. The molecule has 96 valence electrons. The second-order valence-electron chi connectivity index (χ2n) is 4.98. The Morgan fingerprint density at radius 1 is 1.18 bits per heavy atom. The Kier molecular flexibility index (Phi) is 3.24. The Balaban J connectivity index is 1.95.